The van der Waals surface area contributed by atoms with Gasteiger partial charge in [-0.1, -0.05) is 82.2 Å². The van der Waals surface area contributed by atoms with Gasteiger partial charge in [0, 0.05) is 13.1 Å². The molecule has 0 aliphatic carbocycles. The summed E-state index contributed by atoms with van der Waals surface area (Å²) in [6, 6.07) is 6.97. The normalized spacial score (nSPS) is 12.1. The minimum absolute atomic E-state index is 0.191. The lowest BCUT2D eigenvalue weighted by Gasteiger charge is -2.32. The summed E-state index contributed by atoms with van der Waals surface area (Å²) >= 11 is 0. The van der Waals surface area contributed by atoms with E-state index >= 15 is 0 Å². The van der Waals surface area contributed by atoms with E-state index in [0.717, 1.165) is 62.5 Å². The van der Waals surface area contributed by atoms with Gasteiger partial charge in [0.1, 0.15) is 18.2 Å². The van der Waals surface area contributed by atoms with Crippen molar-refractivity contribution in [1.82, 2.24) is 15.5 Å². The summed E-state index contributed by atoms with van der Waals surface area (Å²) in [5.74, 6) is -0.496. The summed E-state index contributed by atoms with van der Waals surface area (Å²) in [7, 11) is 0. The number of carbonyl (C=O) groups is 3. The van der Waals surface area contributed by atoms with Crippen LogP contribution in [0.5, 0.6) is 0 Å². The largest absolute Gasteiger partial charge is 0.444 e. The summed E-state index contributed by atoms with van der Waals surface area (Å²) in [5.41, 5.74) is 1.19. The van der Waals surface area contributed by atoms with Gasteiger partial charge in [0.25, 0.3) is 0 Å². The molecule has 0 aliphatic heterocycles. The van der Waals surface area contributed by atoms with E-state index in [0.29, 0.717) is 13.1 Å². The molecular weight excluding hydrogens is 442 g/mol. The van der Waals surface area contributed by atoms with Crippen molar-refractivity contribution in [3.63, 3.8) is 0 Å². The van der Waals surface area contributed by atoms with Crippen molar-refractivity contribution in [3.8, 4) is 0 Å². The van der Waals surface area contributed by atoms with Crippen LogP contribution in [-0.2, 0) is 14.3 Å². The molecule has 7 heteroatoms. The molecule has 0 aliphatic rings. The zero-order valence-electron chi connectivity index (χ0n) is 22.7. The van der Waals surface area contributed by atoms with Gasteiger partial charge < -0.3 is 20.3 Å². The Bertz CT molecular complexity index is 771. The number of ether oxygens (including phenoxy) is 1. The van der Waals surface area contributed by atoms with Crippen molar-refractivity contribution < 1.29 is 19.1 Å². The van der Waals surface area contributed by atoms with E-state index in [-0.39, 0.29) is 18.4 Å². The van der Waals surface area contributed by atoms with Gasteiger partial charge in [-0.05, 0) is 46.1 Å². The Balaban J connectivity index is 3.10. The molecule has 2 N–H and O–H groups in total. The molecular formula is C28H47N3O4. The molecule has 1 rings (SSSR count). The van der Waals surface area contributed by atoms with Crippen LogP contribution < -0.4 is 10.6 Å². The first-order chi connectivity index (χ1) is 16.6. The number of aryl methyl sites for hydroxylation is 1. The molecule has 1 unspecified atom stereocenters. The summed E-state index contributed by atoms with van der Waals surface area (Å²) < 4.78 is 5.28. The fourth-order valence-corrected chi connectivity index (χ4v) is 3.75. The van der Waals surface area contributed by atoms with Crippen LogP contribution in [-0.4, -0.2) is 48.0 Å². The SMILES string of the molecule is CCCCCCCN(C(=O)CNC(=O)OC(C)(C)C)C(C(=O)NCCCCC)c1ccc(C)cc1. The highest BCUT2D eigenvalue weighted by molar-refractivity contribution is 5.90. The Morgan fingerprint density at radius 2 is 1.49 bits per heavy atom. The van der Waals surface area contributed by atoms with Gasteiger partial charge >= 0.3 is 6.09 Å². The quantitative estimate of drug-likeness (QED) is 0.311. The number of nitrogens with zero attached hydrogens (tertiary/aromatic N) is 1. The minimum Gasteiger partial charge on any atom is -0.444 e. The van der Waals surface area contributed by atoms with E-state index in [1.54, 1.807) is 25.7 Å². The highest BCUT2D eigenvalue weighted by atomic mass is 16.6. The second kappa shape index (κ2) is 16.2. The standard InChI is InChI=1S/C28H47N3O4/c1-7-9-11-12-14-20-31(24(32)21-30-27(34)35-28(4,5)6)25(23-17-15-22(3)16-18-23)26(33)29-19-13-10-8-2/h15-18,25H,7-14,19-21H2,1-6H3,(H,29,33)(H,30,34). The first kappa shape index (κ1) is 30.5. The molecule has 7 nitrogen and oxygen atoms in total. The second-order valence-electron chi connectivity index (χ2n) is 10.2. The summed E-state index contributed by atoms with van der Waals surface area (Å²) in [5, 5.41) is 5.59. The van der Waals surface area contributed by atoms with Crippen molar-refractivity contribution in [3.05, 3.63) is 35.4 Å². The number of benzene rings is 1. The summed E-state index contributed by atoms with van der Waals surface area (Å²) in [6.45, 7) is 12.4. The highest BCUT2D eigenvalue weighted by Crippen LogP contribution is 2.23. The molecule has 0 heterocycles. The lowest BCUT2D eigenvalue weighted by molar-refractivity contribution is -0.140. The van der Waals surface area contributed by atoms with Crippen LogP contribution in [0.3, 0.4) is 0 Å². The predicted molar refractivity (Wildman–Crippen MR) is 141 cm³/mol. The third kappa shape index (κ3) is 12.6. The van der Waals surface area contributed by atoms with E-state index in [4.69, 9.17) is 4.74 Å². The maximum Gasteiger partial charge on any atom is 0.408 e. The van der Waals surface area contributed by atoms with Crippen LogP contribution >= 0.6 is 0 Å². The van der Waals surface area contributed by atoms with Crippen LogP contribution in [0.2, 0.25) is 0 Å². The number of rotatable bonds is 15. The van der Waals surface area contributed by atoms with Gasteiger partial charge in [-0.25, -0.2) is 4.79 Å². The number of amides is 3. The van der Waals surface area contributed by atoms with Crippen molar-refractivity contribution in [2.24, 2.45) is 0 Å². The van der Waals surface area contributed by atoms with E-state index < -0.39 is 17.7 Å². The number of unbranched alkanes of at least 4 members (excludes halogenated alkanes) is 6. The van der Waals surface area contributed by atoms with E-state index in [1.807, 2.05) is 31.2 Å². The smallest absolute Gasteiger partial charge is 0.408 e. The Morgan fingerprint density at radius 1 is 0.886 bits per heavy atom. The first-order valence-electron chi connectivity index (χ1n) is 13.2. The molecule has 0 saturated carbocycles. The number of carbonyl (C=O) groups excluding carboxylic acids is 3. The molecule has 1 aromatic carbocycles. The van der Waals surface area contributed by atoms with Gasteiger partial charge in [0.05, 0.1) is 0 Å². The minimum atomic E-state index is -0.753. The second-order valence-corrected chi connectivity index (χ2v) is 10.2. The maximum atomic E-state index is 13.4. The number of nitrogens with one attached hydrogen (secondary N) is 2. The van der Waals surface area contributed by atoms with Crippen molar-refractivity contribution in [2.75, 3.05) is 19.6 Å². The molecule has 0 bridgehead atoms. The fraction of sp³-hybridized carbons (Fsp3) is 0.679. The average molecular weight is 490 g/mol. The maximum absolute atomic E-state index is 13.4. The molecule has 0 aromatic heterocycles. The molecule has 198 valence electrons. The van der Waals surface area contributed by atoms with Crippen LogP contribution in [0.15, 0.2) is 24.3 Å². The molecule has 0 radical (unpaired) electrons. The summed E-state index contributed by atoms with van der Waals surface area (Å²) in [4.78, 5) is 40.5. The topological polar surface area (TPSA) is 87.7 Å². The van der Waals surface area contributed by atoms with Crippen molar-refractivity contribution in [2.45, 2.75) is 105 Å². The van der Waals surface area contributed by atoms with Crippen molar-refractivity contribution >= 4 is 17.9 Å². The average Bonchev–Trinajstić information content (AvgIpc) is 2.79. The van der Waals surface area contributed by atoms with Crippen LogP contribution in [0.25, 0.3) is 0 Å². The summed E-state index contributed by atoms with van der Waals surface area (Å²) in [6.07, 6.45) is 7.50. The highest BCUT2D eigenvalue weighted by Gasteiger charge is 2.31. The Labute approximate surface area is 212 Å². The number of alkyl carbamates (subject to hydrolysis) is 1. The molecule has 3 amide bonds. The molecule has 35 heavy (non-hydrogen) atoms. The molecule has 1 atom stereocenters. The van der Waals surface area contributed by atoms with E-state index in [1.165, 1.54) is 0 Å². The van der Waals surface area contributed by atoms with Crippen LogP contribution in [0.1, 0.15) is 103 Å². The molecule has 0 fully saturated rings. The van der Waals surface area contributed by atoms with Gasteiger partial charge in [0.15, 0.2) is 0 Å². The zero-order chi connectivity index (χ0) is 26.3. The number of hydrogen-bond donors (Lipinski definition) is 2. The van der Waals surface area contributed by atoms with E-state index in [9.17, 15) is 14.4 Å². The van der Waals surface area contributed by atoms with Gasteiger partial charge in [0.2, 0.25) is 11.8 Å². The van der Waals surface area contributed by atoms with Gasteiger partial charge in [-0.3, -0.25) is 9.59 Å². The Kier molecular flexibility index (Phi) is 14.1. The third-order valence-electron chi connectivity index (χ3n) is 5.64. The third-order valence-corrected chi connectivity index (χ3v) is 5.64. The molecule has 0 spiro atoms. The van der Waals surface area contributed by atoms with Crippen LogP contribution in [0, 0.1) is 6.92 Å². The Morgan fingerprint density at radius 3 is 2.09 bits per heavy atom. The first-order valence-corrected chi connectivity index (χ1v) is 13.2. The van der Waals surface area contributed by atoms with Gasteiger partial charge in [-0.15, -0.1) is 0 Å². The lowest BCUT2D eigenvalue weighted by Crippen LogP contribution is -2.48. The fourth-order valence-electron chi connectivity index (χ4n) is 3.75. The Hall–Kier alpha value is -2.57. The molecule has 1 aromatic rings. The van der Waals surface area contributed by atoms with Crippen molar-refractivity contribution in [1.29, 1.82) is 0 Å². The van der Waals surface area contributed by atoms with Gasteiger partial charge in [-0.2, -0.15) is 0 Å². The predicted octanol–water partition coefficient (Wildman–Crippen LogP) is 5.67. The number of hydrogen-bond acceptors (Lipinski definition) is 4. The monoisotopic (exact) mass is 489 g/mol. The molecule has 0 saturated heterocycles. The van der Waals surface area contributed by atoms with Crippen LogP contribution in [0.4, 0.5) is 4.79 Å². The lowest BCUT2D eigenvalue weighted by atomic mass is 10.0. The van der Waals surface area contributed by atoms with E-state index in [2.05, 4.69) is 24.5 Å². The zero-order valence-corrected chi connectivity index (χ0v) is 22.7.